The number of aliphatic hydroxyl groups is 1. The van der Waals surface area contributed by atoms with Gasteiger partial charge in [0.15, 0.2) is 5.75 Å². The number of para-hydroxylation sites is 3. The van der Waals surface area contributed by atoms with E-state index >= 15 is 0 Å². The van der Waals surface area contributed by atoms with Gasteiger partial charge in [0, 0.05) is 6.42 Å². The molecule has 0 aliphatic heterocycles. The fourth-order valence-electron chi connectivity index (χ4n) is 2.81. The minimum atomic E-state index is -0.708. The number of benzene rings is 2. The normalized spacial score (nSPS) is 12.5. The lowest BCUT2D eigenvalue weighted by molar-refractivity contribution is 0.0928. The van der Waals surface area contributed by atoms with Gasteiger partial charge in [0.2, 0.25) is 0 Å². The second kappa shape index (κ2) is 8.09. The second-order valence-corrected chi connectivity index (χ2v) is 6.71. The largest absolute Gasteiger partial charge is 0.488 e. The summed E-state index contributed by atoms with van der Waals surface area (Å²) in [5.41, 5.74) is 1.95. The molecule has 0 radical (unpaired) electrons. The number of halogens is 2. The number of ether oxygens (including phenoxy) is 1. The van der Waals surface area contributed by atoms with E-state index in [4.69, 9.17) is 27.9 Å². The molecule has 0 spiro atoms. The van der Waals surface area contributed by atoms with Crippen molar-refractivity contribution in [1.82, 2.24) is 9.55 Å². The Morgan fingerprint density at radius 2 is 1.84 bits per heavy atom. The summed E-state index contributed by atoms with van der Waals surface area (Å²) < 4.78 is 7.70. The Balaban J connectivity index is 1.75. The summed E-state index contributed by atoms with van der Waals surface area (Å²) in [6.45, 7) is 2.61. The molecule has 0 amide bonds. The summed E-state index contributed by atoms with van der Waals surface area (Å²) in [4.78, 5) is 4.67. The van der Waals surface area contributed by atoms with Crippen LogP contribution in [0.15, 0.2) is 42.5 Å². The van der Waals surface area contributed by atoms with Crippen LogP contribution in [0.3, 0.4) is 0 Å². The van der Waals surface area contributed by atoms with Gasteiger partial charge in [-0.15, -0.1) is 0 Å². The second-order valence-electron chi connectivity index (χ2n) is 5.89. The van der Waals surface area contributed by atoms with E-state index in [-0.39, 0.29) is 6.61 Å². The SMILES string of the molecule is CCCc1nc2ccccc2n1CC(O)COc1c(Cl)cccc1Cl. The van der Waals surface area contributed by atoms with Gasteiger partial charge in [-0.1, -0.05) is 48.3 Å². The van der Waals surface area contributed by atoms with Crippen molar-refractivity contribution in [2.75, 3.05) is 6.61 Å². The van der Waals surface area contributed by atoms with Gasteiger partial charge in [-0.25, -0.2) is 4.98 Å². The number of hydrogen-bond acceptors (Lipinski definition) is 3. The Morgan fingerprint density at radius 3 is 2.56 bits per heavy atom. The summed E-state index contributed by atoms with van der Waals surface area (Å²) in [5, 5.41) is 11.3. The zero-order valence-electron chi connectivity index (χ0n) is 14.0. The molecule has 1 N–H and O–H groups in total. The van der Waals surface area contributed by atoms with Gasteiger partial charge in [-0.05, 0) is 30.7 Å². The maximum absolute atomic E-state index is 10.5. The lowest BCUT2D eigenvalue weighted by Crippen LogP contribution is -2.24. The predicted molar refractivity (Wildman–Crippen MR) is 102 cm³/mol. The third kappa shape index (κ3) is 4.09. The van der Waals surface area contributed by atoms with Gasteiger partial charge in [0.1, 0.15) is 18.5 Å². The fraction of sp³-hybridized carbons (Fsp3) is 0.316. The smallest absolute Gasteiger partial charge is 0.156 e. The number of aryl methyl sites for hydroxylation is 1. The van der Waals surface area contributed by atoms with Crippen molar-refractivity contribution >= 4 is 34.2 Å². The highest BCUT2D eigenvalue weighted by atomic mass is 35.5. The van der Waals surface area contributed by atoms with Gasteiger partial charge >= 0.3 is 0 Å². The number of nitrogens with zero attached hydrogens (tertiary/aromatic N) is 2. The molecule has 0 aliphatic carbocycles. The zero-order chi connectivity index (χ0) is 17.8. The van der Waals surface area contributed by atoms with E-state index in [9.17, 15) is 5.11 Å². The van der Waals surface area contributed by atoms with Crippen molar-refractivity contribution in [3.8, 4) is 5.75 Å². The van der Waals surface area contributed by atoms with E-state index in [1.807, 2.05) is 24.3 Å². The molecule has 4 nitrogen and oxygen atoms in total. The van der Waals surface area contributed by atoms with Crippen LogP contribution in [0.1, 0.15) is 19.2 Å². The van der Waals surface area contributed by atoms with E-state index in [2.05, 4.69) is 16.5 Å². The van der Waals surface area contributed by atoms with Gasteiger partial charge in [-0.3, -0.25) is 0 Å². The van der Waals surface area contributed by atoms with Crippen LogP contribution in [0.5, 0.6) is 5.75 Å². The van der Waals surface area contributed by atoms with E-state index in [1.54, 1.807) is 18.2 Å². The van der Waals surface area contributed by atoms with Crippen molar-refractivity contribution in [1.29, 1.82) is 0 Å². The van der Waals surface area contributed by atoms with Crippen LogP contribution in [0.2, 0.25) is 10.0 Å². The van der Waals surface area contributed by atoms with Gasteiger partial charge in [0.05, 0.1) is 27.6 Å². The number of fused-ring (bicyclic) bond motifs is 1. The molecule has 1 aromatic heterocycles. The maximum atomic E-state index is 10.5. The molecule has 1 unspecified atom stereocenters. The summed E-state index contributed by atoms with van der Waals surface area (Å²) in [6, 6.07) is 13.1. The number of rotatable bonds is 7. The molecule has 132 valence electrons. The third-order valence-electron chi connectivity index (χ3n) is 3.94. The average Bonchev–Trinajstić information content (AvgIpc) is 2.92. The lowest BCUT2D eigenvalue weighted by atomic mass is 10.3. The first-order valence-corrected chi connectivity index (χ1v) is 9.04. The number of aromatic nitrogens is 2. The lowest BCUT2D eigenvalue weighted by Gasteiger charge is -2.16. The van der Waals surface area contributed by atoms with Crippen LogP contribution in [0.25, 0.3) is 11.0 Å². The third-order valence-corrected chi connectivity index (χ3v) is 4.53. The topological polar surface area (TPSA) is 47.3 Å². The zero-order valence-corrected chi connectivity index (χ0v) is 15.5. The number of aliphatic hydroxyl groups excluding tert-OH is 1. The van der Waals surface area contributed by atoms with Crippen LogP contribution in [-0.2, 0) is 13.0 Å². The van der Waals surface area contributed by atoms with Crippen molar-refractivity contribution in [2.45, 2.75) is 32.4 Å². The van der Waals surface area contributed by atoms with Crippen molar-refractivity contribution in [2.24, 2.45) is 0 Å². The minimum absolute atomic E-state index is 0.0987. The van der Waals surface area contributed by atoms with Crippen LogP contribution in [0, 0.1) is 0 Å². The molecular weight excluding hydrogens is 359 g/mol. The van der Waals surface area contributed by atoms with Crippen LogP contribution in [0.4, 0.5) is 0 Å². The molecule has 0 aliphatic rings. The molecule has 25 heavy (non-hydrogen) atoms. The van der Waals surface area contributed by atoms with Gasteiger partial charge < -0.3 is 14.4 Å². The summed E-state index contributed by atoms with van der Waals surface area (Å²) in [6.07, 6.45) is 1.14. The molecule has 0 bridgehead atoms. The quantitative estimate of drug-likeness (QED) is 0.645. The Bertz CT molecular complexity index is 844. The van der Waals surface area contributed by atoms with Crippen molar-refractivity contribution < 1.29 is 9.84 Å². The van der Waals surface area contributed by atoms with Crippen LogP contribution < -0.4 is 4.74 Å². The first-order valence-electron chi connectivity index (χ1n) is 8.29. The fourth-order valence-corrected chi connectivity index (χ4v) is 3.31. The maximum Gasteiger partial charge on any atom is 0.156 e. The first-order chi connectivity index (χ1) is 12.1. The molecule has 0 saturated heterocycles. The Morgan fingerprint density at radius 1 is 1.12 bits per heavy atom. The predicted octanol–water partition coefficient (Wildman–Crippen LogP) is 4.74. The number of imidazole rings is 1. The first kappa shape index (κ1) is 18.1. The molecule has 6 heteroatoms. The van der Waals surface area contributed by atoms with E-state index in [1.165, 1.54) is 0 Å². The van der Waals surface area contributed by atoms with Gasteiger partial charge in [0.25, 0.3) is 0 Å². The highest BCUT2D eigenvalue weighted by molar-refractivity contribution is 6.37. The van der Waals surface area contributed by atoms with Crippen LogP contribution >= 0.6 is 23.2 Å². The summed E-state index contributed by atoms with van der Waals surface area (Å²) in [5.74, 6) is 1.37. The summed E-state index contributed by atoms with van der Waals surface area (Å²) in [7, 11) is 0. The molecule has 3 aromatic rings. The Hall–Kier alpha value is -1.75. The summed E-state index contributed by atoms with van der Waals surface area (Å²) >= 11 is 12.2. The van der Waals surface area contributed by atoms with Crippen molar-refractivity contribution in [3.63, 3.8) is 0 Å². The number of hydrogen-bond donors (Lipinski definition) is 1. The molecule has 0 fully saturated rings. The highest BCUT2D eigenvalue weighted by Gasteiger charge is 2.15. The standard InChI is InChI=1S/C19H20Cl2N2O2/c1-2-6-18-22-16-9-3-4-10-17(16)23(18)11-13(24)12-25-19-14(20)7-5-8-15(19)21/h3-5,7-10,13,24H,2,6,11-12H2,1H3. The molecule has 0 saturated carbocycles. The molecular formula is C19H20Cl2N2O2. The average molecular weight is 379 g/mol. The van der Waals surface area contributed by atoms with Crippen LogP contribution in [-0.4, -0.2) is 27.4 Å². The van der Waals surface area contributed by atoms with Crippen molar-refractivity contribution in [3.05, 3.63) is 58.3 Å². The Kier molecular flexibility index (Phi) is 5.84. The van der Waals surface area contributed by atoms with Gasteiger partial charge in [-0.2, -0.15) is 0 Å². The molecule has 3 rings (SSSR count). The van der Waals surface area contributed by atoms with E-state index < -0.39 is 6.10 Å². The monoisotopic (exact) mass is 378 g/mol. The molecule has 1 atom stereocenters. The highest BCUT2D eigenvalue weighted by Crippen LogP contribution is 2.32. The van der Waals surface area contributed by atoms with E-state index in [0.29, 0.717) is 22.3 Å². The molecule has 1 heterocycles. The Labute approximate surface area is 157 Å². The minimum Gasteiger partial charge on any atom is -0.488 e. The van der Waals surface area contributed by atoms with E-state index in [0.717, 1.165) is 29.7 Å². The molecule has 2 aromatic carbocycles.